The normalized spacial score (nSPS) is 30.5. The number of carbonyl (C=O) groups excluding carboxylic acids is 4. The van der Waals surface area contributed by atoms with E-state index in [1.807, 2.05) is 80.3 Å². The van der Waals surface area contributed by atoms with Crippen molar-refractivity contribution in [1.82, 2.24) is 24.8 Å². The molecule has 2 aromatic carbocycles. The summed E-state index contributed by atoms with van der Waals surface area (Å²) in [5.41, 5.74) is -0.303. The summed E-state index contributed by atoms with van der Waals surface area (Å²) in [4.78, 5) is 66.1. The van der Waals surface area contributed by atoms with Crippen LogP contribution in [0.2, 0.25) is 0 Å². The van der Waals surface area contributed by atoms with Crippen LogP contribution in [0.15, 0.2) is 67.3 Å². The third-order valence-corrected chi connectivity index (χ3v) is 16.3. The molecule has 9 rings (SSSR count). The number of ether oxygens (including phenoxy) is 3. The smallest absolute Gasteiger partial charge is 0.259 e. The molecule has 4 saturated heterocycles. The van der Waals surface area contributed by atoms with Gasteiger partial charge in [-0.15, -0.1) is 6.58 Å². The van der Waals surface area contributed by atoms with Gasteiger partial charge in [0.15, 0.2) is 0 Å². The van der Waals surface area contributed by atoms with E-state index < -0.39 is 62.0 Å². The summed E-state index contributed by atoms with van der Waals surface area (Å²) in [6.45, 7) is 13.0. The number of nitrogens with zero attached hydrogens (tertiary/aromatic N) is 3. The lowest BCUT2D eigenvalue weighted by Crippen LogP contribution is -2.57. The van der Waals surface area contributed by atoms with Crippen molar-refractivity contribution in [3.8, 4) is 22.8 Å². The van der Waals surface area contributed by atoms with Gasteiger partial charge in [0.2, 0.25) is 27.7 Å². The Bertz CT molecular complexity index is 2440. The van der Waals surface area contributed by atoms with Crippen molar-refractivity contribution in [3.63, 3.8) is 0 Å². The molecule has 2 bridgehead atoms. The number of fused-ring (bicyclic) bond motifs is 6. The van der Waals surface area contributed by atoms with Crippen molar-refractivity contribution in [1.29, 1.82) is 0 Å². The van der Waals surface area contributed by atoms with Gasteiger partial charge in [0.25, 0.3) is 5.91 Å². The second-order valence-electron chi connectivity index (χ2n) is 19.6. The van der Waals surface area contributed by atoms with Gasteiger partial charge < -0.3 is 29.3 Å². The van der Waals surface area contributed by atoms with Crippen LogP contribution in [0.4, 0.5) is 0 Å². The molecule has 5 heterocycles. The lowest BCUT2D eigenvalue weighted by Gasteiger charge is -2.36. The molecule has 330 valence electrons. The molecule has 6 aliphatic rings. The van der Waals surface area contributed by atoms with Gasteiger partial charge in [-0.1, -0.05) is 57.2 Å². The molecule has 9 atom stereocenters. The summed E-state index contributed by atoms with van der Waals surface area (Å²) < 4.78 is 46.6. The molecule has 15 heteroatoms. The Labute approximate surface area is 363 Å². The number of benzene rings is 2. The zero-order valence-corrected chi connectivity index (χ0v) is 36.9. The Morgan fingerprint density at radius 1 is 1.05 bits per heavy atom. The number of aromatic nitrogens is 1. The lowest BCUT2D eigenvalue weighted by atomic mass is 9.75. The first-order chi connectivity index (χ1) is 29.4. The minimum Gasteiger partial charge on any atom is -0.497 e. The fraction of sp³-hybridized carbons (Fsp3) is 0.553. The van der Waals surface area contributed by atoms with Crippen LogP contribution in [0.25, 0.3) is 22.2 Å². The summed E-state index contributed by atoms with van der Waals surface area (Å²) in [7, 11) is -2.33. The molecule has 1 aromatic heterocycles. The van der Waals surface area contributed by atoms with Crippen LogP contribution in [-0.2, 0) is 33.9 Å². The molecule has 2 aliphatic carbocycles. The maximum atomic E-state index is 15.1. The van der Waals surface area contributed by atoms with Crippen LogP contribution in [0.3, 0.4) is 0 Å². The van der Waals surface area contributed by atoms with Crippen molar-refractivity contribution in [2.24, 2.45) is 29.1 Å². The molecule has 2 N–H and O–H groups in total. The molecule has 62 heavy (non-hydrogen) atoms. The molecule has 0 radical (unpaired) electrons. The molecule has 2 saturated carbocycles. The predicted molar refractivity (Wildman–Crippen MR) is 231 cm³/mol. The third kappa shape index (κ3) is 7.62. The Kier molecular flexibility index (Phi) is 10.5. The Morgan fingerprint density at radius 2 is 1.81 bits per heavy atom. The summed E-state index contributed by atoms with van der Waals surface area (Å²) in [5.74, 6) is -1.56. The van der Waals surface area contributed by atoms with E-state index in [1.54, 1.807) is 7.11 Å². The van der Waals surface area contributed by atoms with Crippen LogP contribution < -0.4 is 19.5 Å². The van der Waals surface area contributed by atoms with Gasteiger partial charge in [0, 0.05) is 66.8 Å². The molecule has 14 nitrogen and oxygen atoms in total. The Hall–Kier alpha value is -5.02. The largest absolute Gasteiger partial charge is 0.497 e. The molecule has 4 amide bonds. The number of rotatable bonds is 13. The Balaban J connectivity index is 1.02. The molecule has 4 unspecified atom stereocenters. The number of pyridine rings is 1. The fourth-order valence-corrected chi connectivity index (χ4v) is 11.9. The van der Waals surface area contributed by atoms with Gasteiger partial charge in [-0.25, -0.2) is 13.4 Å². The minimum absolute atomic E-state index is 0.0176. The number of amides is 4. The van der Waals surface area contributed by atoms with E-state index in [9.17, 15) is 22.8 Å². The third-order valence-electron chi connectivity index (χ3n) is 14.5. The van der Waals surface area contributed by atoms with Crippen LogP contribution in [-0.4, -0.2) is 108 Å². The van der Waals surface area contributed by atoms with Crippen LogP contribution >= 0.6 is 0 Å². The van der Waals surface area contributed by atoms with Gasteiger partial charge >= 0.3 is 0 Å². The predicted octanol–water partition coefficient (Wildman–Crippen LogP) is 5.01. The molecular weight excluding hydrogens is 811 g/mol. The van der Waals surface area contributed by atoms with E-state index in [-0.39, 0.29) is 61.2 Å². The van der Waals surface area contributed by atoms with Gasteiger partial charge in [-0.2, -0.15) is 0 Å². The first-order valence-corrected chi connectivity index (χ1v) is 23.5. The van der Waals surface area contributed by atoms with Crippen LogP contribution in [0.5, 0.6) is 11.5 Å². The van der Waals surface area contributed by atoms with E-state index in [0.29, 0.717) is 54.0 Å². The first-order valence-electron chi connectivity index (χ1n) is 21.9. The molecular formula is C47H57N5O9S. The fourth-order valence-electron chi connectivity index (χ4n) is 10.5. The van der Waals surface area contributed by atoms with E-state index in [0.717, 1.165) is 18.4 Å². The zero-order chi connectivity index (χ0) is 43.9. The van der Waals surface area contributed by atoms with Gasteiger partial charge in [-0.05, 0) is 56.6 Å². The summed E-state index contributed by atoms with van der Waals surface area (Å²) in [5, 5.41) is 2.95. The number of carbonyl (C=O) groups is 4. The van der Waals surface area contributed by atoms with E-state index >= 15 is 4.79 Å². The molecule has 4 aliphatic heterocycles. The average Bonchev–Trinajstić information content (AvgIpc) is 4.03. The second kappa shape index (κ2) is 15.4. The Morgan fingerprint density at radius 3 is 2.47 bits per heavy atom. The van der Waals surface area contributed by atoms with Crippen molar-refractivity contribution < 1.29 is 41.8 Å². The van der Waals surface area contributed by atoms with E-state index in [2.05, 4.69) is 23.5 Å². The maximum Gasteiger partial charge on any atom is 0.259 e. The standard InChI is InChI=1S/C47H57N5O9S/c1-7-28-23-47(28,44(56)50-62(57,58)31-14-15-31)49-42(54)38-20-30(60-40-22-36(27-11-9-8-10-12-27)48-37-19-29(59-6)13-16-32(37)40)24-52(38)43(55)34(45(2,3)4)21-41(53)51-25-33-35(26-51)46(5)18-17-39(33)61-46/h7-13,16,19,22,28,30-31,33-35,38-39H,1,14-15,17-18,20-21,23-26H2,2-6H3,(H,49,54)(H,50,56)/t28-,30-,33?,34-,35?,38+,39?,46?,47-/m1/s1. The van der Waals surface area contributed by atoms with Crippen molar-refractivity contribution in [2.75, 3.05) is 26.7 Å². The highest BCUT2D eigenvalue weighted by Crippen LogP contribution is 2.54. The number of hydrogen-bond donors (Lipinski definition) is 2. The monoisotopic (exact) mass is 867 g/mol. The minimum atomic E-state index is -3.91. The number of methoxy groups -OCH3 is 1. The van der Waals surface area contributed by atoms with Crippen LogP contribution in [0, 0.1) is 29.1 Å². The lowest BCUT2D eigenvalue weighted by molar-refractivity contribution is -0.148. The number of nitrogens with one attached hydrogen (secondary N) is 2. The molecule has 0 spiro atoms. The highest BCUT2D eigenvalue weighted by atomic mass is 32.2. The molecule has 3 aromatic rings. The maximum absolute atomic E-state index is 15.1. The highest BCUT2D eigenvalue weighted by molar-refractivity contribution is 7.91. The summed E-state index contributed by atoms with van der Waals surface area (Å²) >= 11 is 0. The first kappa shape index (κ1) is 42.3. The second-order valence-corrected chi connectivity index (χ2v) is 21.6. The van der Waals surface area contributed by atoms with Gasteiger partial charge in [0.05, 0.1) is 47.7 Å². The number of likely N-dealkylation sites (tertiary alicyclic amines) is 2. The summed E-state index contributed by atoms with van der Waals surface area (Å²) in [6.07, 6.45) is 4.08. The summed E-state index contributed by atoms with van der Waals surface area (Å²) in [6, 6.07) is 15.9. The highest BCUT2D eigenvalue weighted by Gasteiger charge is 2.63. The van der Waals surface area contributed by atoms with Gasteiger partial charge in [-0.3, -0.25) is 23.9 Å². The zero-order valence-electron chi connectivity index (χ0n) is 36.1. The van der Waals surface area contributed by atoms with Crippen molar-refractivity contribution >= 4 is 44.6 Å². The van der Waals surface area contributed by atoms with Crippen LogP contribution in [0.1, 0.15) is 72.6 Å². The molecule has 6 fully saturated rings. The quantitative estimate of drug-likeness (QED) is 0.223. The topological polar surface area (TPSA) is 174 Å². The SMILES string of the molecule is C=C[C@@H]1C[C@]1(NC(=O)[C@@H]1C[C@@H](Oc2cc(-c3ccccc3)nc3cc(OC)ccc23)CN1C(=O)[C@@H](CC(=O)N1CC2C3CCC(C)(O3)C2C1)C(C)(C)C)C(=O)NS(=O)(=O)C1CC1. The van der Waals surface area contributed by atoms with Gasteiger partial charge in [0.1, 0.15) is 29.2 Å². The number of sulfonamides is 1. The van der Waals surface area contributed by atoms with E-state index in [4.69, 9.17) is 19.2 Å². The van der Waals surface area contributed by atoms with Crippen molar-refractivity contribution in [3.05, 3.63) is 67.3 Å². The van der Waals surface area contributed by atoms with E-state index in [1.165, 1.54) is 11.0 Å². The number of hydrogen-bond acceptors (Lipinski definition) is 10. The average molecular weight is 868 g/mol. The van der Waals surface area contributed by atoms with Crippen molar-refractivity contribution in [2.45, 2.75) is 107 Å².